The summed E-state index contributed by atoms with van der Waals surface area (Å²) >= 11 is 3.88. The van der Waals surface area contributed by atoms with E-state index in [2.05, 4.69) is 90.1 Å². The Hall–Kier alpha value is -1.91. The van der Waals surface area contributed by atoms with Crippen LogP contribution in [0.3, 0.4) is 0 Å². The van der Waals surface area contributed by atoms with E-state index in [0.29, 0.717) is 0 Å². The van der Waals surface area contributed by atoms with Gasteiger partial charge in [-0.3, -0.25) is 0 Å². The lowest BCUT2D eigenvalue weighted by molar-refractivity contribution is -2.00. The quantitative estimate of drug-likeness (QED) is 0.0458. The van der Waals surface area contributed by atoms with Gasteiger partial charge in [-0.2, -0.15) is 4.57 Å². The van der Waals surface area contributed by atoms with Gasteiger partial charge < -0.3 is 4.90 Å². The third-order valence-corrected chi connectivity index (χ3v) is 13.5. The number of hydrogen-bond acceptors (Lipinski definition) is 7. The Labute approximate surface area is 364 Å². The highest BCUT2D eigenvalue weighted by atomic mass is 35.7. The molecule has 0 saturated heterocycles. The second kappa shape index (κ2) is 31.9. The van der Waals surface area contributed by atoms with Crippen LogP contribution in [0.5, 0.6) is 0 Å². The standard InChI is InChI=1S/C49H77N2S2.ClHO4/c1-3-5-7-9-11-13-15-17-19-21-23-25-27-33-42-50-44-36-29-31-38-46(44)52-48(50)40-35-41-49-51(45-37-30-32-39-47(45)53-49)43-34-28-26-24-22-20-18-16-14-12-10-8-6-4-2;2-1(3,4)5/h29-32,35-41H,3-28,33-34,42-43H2,1-2H3;(H,2,3,4,5)/q+1;/p-1. The van der Waals surface area contributed by atoms with E-state index in [4.69, 9.17) is 18.6 Å². The normalized spacial score (nSPS) is 13.6. The number of fused-ring (bicyclic) bond motifs is 2. The number of allylic oxidation sites excluding steroid dienone is 2. The molecular weight excluding hydrogens is 780 g/mol. The summed E-state index contributed by atoms with van der Waals surface area (Å²) in [5.74, 6) is 0. The van der Waals surface area contributed by atoms with E-state index < -0.39 is 10.2 Å². The third-order valence-electron chi connectivity index (χ3n) is 11.2. The summed E-state index contributed by atoms with van der Waals surface area (Å²) in [6, 6.07) is 18.0. The van der Waals surface area contributed by atoms with Gasteiger partial charge in [-0.1, -0.05) is 228 Å². The Kier molecular flexibility index (Phi) is 27.7. The summed E-state index contributed by atoms with van der Waals surface area (Å²) in [5.41, 5.74) is 2.78. The second-order valence-electron chi connectivity index (χ2n) is 16.2. The molecule has 9 heteroatoms. The molecule has 3 aromatic rings. The Morgan fingerprint density at radius 2 is 0.983 bits per heavy atom. The monoisotopic (exact) mass is 857 g/mol. The minimum atomic E-state index is -4.94. The Morgan fingerprint density at radius 1 is 0.552 bits per heavy atom. The highest BCUT2D eigenvalue weighted by Crippen LogP contribution is 2.46. The van der Waals surface area contributed by atoms with Gasteiger partial charge in [0, 0.05) is 30.0 Å². The van der Waals surface area contributed by atoms with Crippen LogP contribution in [0.4, 0.5) is 5.69 Å². The van der Waals surface area contributed by atoms with Gasteiger partial charge in [-0.25, -0.2) is 18.6 Å². The highest BCUT2D eigenvalue weighted by Gasteiger charge is 2.24. The van der Waals surface area contributed by atoms with Gasteiger partial charge in [0.15, 0.2) is 6.54 Å². The summed E-state index contributed by atoms with van der Waals surface area (Å²) in [6.45, 7) is 6.84. The number of rotatable bonds is 32. The number of thioether (sulfide) groups is 1. The van der Waals surface area contributed by atoms with Crippen LogP contribution >= 0.6 is 23.1 Å². The Bertz CT molecular complexity index is 1530. The zero-order valence-corrected chi connectivity index (χ0v) is 38.7. The molecule has 326 valence electrons. The first-order valence-corrected chi connectivity index (χ1v) is 26.1. The fraction of sp³-hybridized carbons (Fsp3) is 0.653. The first-order chi connectivity index (χ1) is 28.3. The first kappa shape index (κ1) is 50.4. The number of aryl methyl sites for hydroxylation is 1. The summed E-state index contributed by atoms with van der Waals surface area (Å²) in [7, 11) is -4.94. The van der Waals surface area contributed by atoms with E-state index in [-0.39, 0.29) is 0 Å². The van der Waals surface area contributed by atoms with Crippen molar-refractivity contribution in [3.63, 3.8) is 0 Å². The maximum absolute atomic E-state index is 8.49. The van der Waals surface area contributed by atoms with Gasteiger partial charge in [0.05, 0.1) is 10.7 Å². The van der Waals surface area contributed by atoms with Gasteiger partial charge in [0.2, 0.25) is 5.52 Å². The molecule has 0 spiro atoms. The van der Waals surface area contributed by atoms with Gasteiger partial charge in [0.25, 0.3) is 5.01 Å². The minimum absolute atomic E-state index is 1.11. The number of halogens is 1. The molecule has 0 fully saturated rings. The number of hydrogen-bond donors (Lipinski definition) is 0. The van der Waals surface area contributed by atoms with Crippen molar-refractivity contribution in [2.24, 2.45) is 0 Å². The van der Waals surface area contributed by atoms with Crippen molar-refractivity contribution >= 4 is 45.1 Å². The highest BCUT2D eigenvalue weighted by molar-refractivity contribution is 8.03. The van der Waals surface area contributed by atoms with Crippen molar-refractivity contribution in [2.75, 3.05) is 11.4 Å². The van der Waals surface area contributed by atoms with E-state index in [1.165, 1.54) is 211 Å². The number of unbranched alkanes of at least 4 members (excludes halogenated alkanes) is 26. The molecule has 0 bridgehead atoms. The summed E-state index contributed by atoms with van der Waals surface area (Å²) in [5, 5.41) is 2.74. The van der Waals surface area contributed by atoms with Crippen LogP contribution in [0.1, 0.15) is 199 Å². The molecule has 6 nitrogen and oxygen atoms in total. The molecule has 0 amide bonds. The Morgan fingerprint density at radius 3 is 1.50 bits per heavy atom. The van der Waals surface area contributed by atoms with E-state index in [0.717, 1.165) is 13.1 Å². The van der Waals surface area contributed by atoms with Crippen LogP contribution in [0.15, 0.2) is 70.6 Å². The number of aromatic nitrogens is 1. The second-order valence-corrected chi connectivity index (χ2v) is 19.1. The molecular formula is C49H77ClN2O4S2. The van der Waals surface area contributed by atoms with Crippen molar-refractivity contribution in [3.8, 4) is 0 Å². The smallest absolute Gasteiger partial charge is 0.262 e. The maximum Gasteiger partial charge on any atom is 0.262 e. The van der Waals surface area contributed by atoms with Crippen molar-refractivity contribution in [3.05, 3.63) is 70.7 Å². The first-order valence-electron chi connectivity index (χ1n) is 23.3. The van der Waals surface area contributed by atoms with Crippen molar-refractivity contribution in [1.29, 1.82) is 0 Å². The van der Waals surface area contributed by atoms with E-state index in [1.54, 1.807) is 0 Å². The Balaban J connectivity index is 0.00000169. The van der Waals surface area contributed by atoms with Crippen molar-refractivity contribution in [2.45, 2.75) is 205 Å². The molecule has 58 heavy (non-hydrogen) atoms. The summed E-state index contributed by atoms with van der Waals surface area (Å²) in [6.07, 6.45) is 46.5. The van der Waals surface area contributed by atoms with Crippen LogP contribution in [-0.4, -0.2) is 6.54 Å². The zero-order chi connectivity index (χ0) is 41.5. The number of para-hydroxylation sites is 2. The molecule has 0 saturated carbocycles. The van der Waals surface area contributed by atoms with E-state index >= 15 is 0 Å². The average Bonchev–Trinajstić information content (AvgIpc) is 3.74. The molecule has 0 aliphatic carbocycles. The molecule has 1 aromatic heterocycles. The average molecular weight is 858 g/mol. The van der Waals surface area contributed by atoms with Crippen molar-refractivity contribution in [1.82, 2.24) is 0 Å². The van der Waals surface area contributed by atoms with Gasteiger partial charge in [0.1, 0.15) is 4.70 Å². The van der Waals surface area contributed by atoms with Gasteiger partial charge in [-0.15, -0.1) is 10.2 Å². The van der Waals surface area contributed by atoms with E-state index in [1.807, 2.05) is 23.1 Å². The van der Waals surface area contributed by atoms with Crippen molar-refractivity contribution < 1.29 is 33.4 Å². The lowest BCUT2D eigenvalue weighted by Gasteiger charge is -2.20. The summed E-state index contributed by atoms with van der Waals surface area (Å²) < 4.78 is 37.9. The molecule has 0 N–H and O–H groups in total. The maximum atomic E-state index is 8.49. The minimum Gasteiger partial charge on any atom is -0.335 e. The van der Waals surface area contributed by atoms with Crippen LogP contribution < -0.4 is 28.1 Å². The van der Waals surface area contributed by atoms with Gasteiger partial charge in [-0.05, 0) is 37.1 Å². The molecule has 0 unspecified atom stereocenters. The summed E-state index contributed by atoms with van der Waals surface area (Å²) in [4.78, 5) is 3.98. The molecule has 1 aliphatic rings. The number of thiazole rings is 1. The predicted molar refractivity (Wildman–Crippen MR) is 239 cm³/mol. The lowest BCUT2D eigenvalue weighted by atomic mass is 10.0. The van der Waals surface area contributed by atoms with Crippen LogP contribution in [0.2, 0.25) is 0 Å². The molecule has 1 aliphatic heterocycles. The molecule has 4 rings (SSSR count). The van der Waals surface area contributed by atoms with E-state index in [9.17, 15) is 0 Å². The molecule has 0 atom stereocenters. The van der Waals surface area contributed by atoms with Crippen LogP contribution in [0.25, 0.3) is 16.3 Å². The zero-order valence-electron chi connectivity index (χ0n) is 36.3. The topological polar surface area (TPSA) is 99.4 Å². The van der Waals surface area contributed by atoms with Gasteiger partial charge >= 0.3 is 0 Å². The SMILES string of the molecule is CCCCCCCCCCCCCCCCN1C(=CC=Cc2sc3ccccc3[n+]2CCCCCCCCCCCCCCCC)Sc2ccccc21.[O-][Cl+3]([O-])([O-])[O-]. The lowest BCUT2D eigenvalue weighted by Crippen LogP contribution is -2.68. The molecule has 0 radical (unpaired) electrons. The fourth-order valence-electron chi connectivity index (χ4n) is 7.96. The fourth-order valence-corrected chi connectivity index (χ4v) is 10.2. The number of nitrogens with zero attached hydrogens (tertiary/aromatic N) is 2. The molecule has 2 heterocycles. The van der Waals surface area contributed by atoms with Crippen LogP contribution in [0, 0.1) is 10.2 Å². The van der Waals surface area contributed by atoms with Crippen LogP contribution in [-0.2, 0) is 6.54 Å². The number of anilines is 1. The largest absolute Gasteiger partial charge is 0.335 e. The molecule has 2 aromatic carbocycles. The number of benzene rings is 2. The third kappa shape index (κ3) is 22.6. The predicted octanol–water partition coefficient (Wildman–Crippen LogP) is 11.9.